The Bertz CT molecular complexity index is 553. The summed E-state index contributed by atoms with van der Waals surface area (Å²) in [5, 5.41) is 5.59. The molecule has 0 bridgehead atoms. The van der Waals surface area contributed by atoms with Crippen LogP contribution in [0, 0.1) is 0 Å². The van der Waals surface area contributed by atoms with E-state index in [1.54, 1.807) is 0 Å². The minimum absolute atomic E-state index is 0.193. The average Bonchev–Trinajstić information content (AvgIpc) is 2.77. The Morgan fingerprint density at radius 1 is 1.47 bits per heavy atom. The maximum atomic E-state index is 12.4. The molecule has 2 heterocycles. The van der Waals surface area contributed by atoms with Gasteiger partial charge >= 0.3 is 6.18 Å². The maximum absolute atomic E-state index is 12.4. The van der Waals surface area contributed by atoms with E-state index < -0.39 is 21.9 Å². The van der Waals surface area contributed by atoms with Gasteiger partial charge in [-0.15, -0.1) is 0 Å². The highest BCUT2D eigenvalue weighted by Crippen LogP contribution is 2.32. The van der Waals surface area contributed by atoms with Gasteiger partial charge in [0.1, 0.15) is 0 Å². The molecule has 0 radical (unpaired) electrons. The normalized spacial score (nSPS) is 22.6. The van der Waals surface area contributed by atoms with Crippen molar-refractivity contribution in [2.24, 2.45) is 0 Å². The second-order valence-electron chi connectivity index (χ2n) is 4.67. The summed E-state index contributed by atoms with van der Waals surface area (Å²) in [6.45, 7) is 0.605. The SMILES string of the molecule is CS(=O)(=O)N1CCC[C@@H](c2cc(C(F)(F)F)n[nH]2)C1. The Labute approximate surface area is 108 Å². The van der Waals surface area contributed by atoms with Crippen LogP contribution in [0.1, 0.15) is 30.1 Å². The van der Waals surface area contributed by atoms with Crippen LogP contribution in [0.2, 0.25) is 0 Å². The Balaban J connectivity index is 2.16. The Morgan fingerprint density at radius 2 is 2.16 bits per heavy atom. The first-order valence-electron chi connectivity index (χ1n) is 5.75. The maximum Gasteiger partial charge on any atom is 0.435 e. The number of piperidine rings is 1. The number of aromatic nitrogens is 2. The number of halogens is 3. The molecular formula is C10H14F3N3O2S. The van der Waals surface area contributed by atoms with Crippen molar-refractivity contribution in [3.63, 3.8) is 0 Å². The second kappa shape index (κ2) is 4.78. The van der Waals surface area contributed by atoms with Gasteiger partial charge in [0, 0.05) is 24.7 Å². The van der Waals surface area contributed by atoms with Gasteiger partial charge in [0.05, 0.1) is 6.26 Å². The Hall–Kier alpha value is -1.09. The van der Waals surface area contributed by atoms with Gasteiger partial charge in [0.25, 0.3) is 0 Å². The van der Waals surface area contributed by atoms with E-state index in [1.807, 2.05) is 0 Å². The number of aromatic amines is 1. The van der Waals surface area contributed by atoms with E-state index in [0.717, 1.165) is 12.3 Å². The number of alkyl halides is 3. The van der Waals surface area contributed by atoms with E-state index in [1.165, 1.54) is 4.31 Å². The first-order chi connectivity index (χ1) is 8.68. The van der Waals surface area contributed by atoms with Gasteiger partial charge in [-0.1, -0.05) is 0 Å². The third-order valence-corrected chi connectivity index (χ3v) is 4.45. The zero-order chi connectivity index (χ0) is 14.3. The molecule has 1 aliphatic heterocycles. The molecule has 2 rings (SSSR count). The smallest absolute Gasteiger partial charge is 0.282 e. The number of hydrogen-bond donors (Lipinski definition) is 1. The fraction of sp³-hybridized carbons (Fsp3) is 0.700. The molecule has 1 atom stereocenters. The molecule has 1 aromatic heterocycles. The molecule has 108 valence electrons. The lowest BCUT2D eigenvalue weighted by Crippen LogP contribution is -2.38. The van der Waals surface area contributed by atoms with Crippen molar-refractivity contribution >= 4 is 10.0 Å². The zero-order valence-corrected chi connectivity index (χ0v) is 11.1. The summed E-state index contributed by atoms with van der Waals surface area (Å²) in [6.07, 6.45) is -2.12. The number of nitrogens with zero attached hydrogens (tertiary/aromatic N) is 2. The number of nitrogens with one attached hydrogen (secondary N) is 1. The molecule has 1 saturated heterocycles. The summed E-state index contributed by atoms with van der Waals surface area (Å²) in [5.41, 5.74) is -0.639. The van der Waals surface area contributed by atoms with E-state index in [4.69, 9.17) is 0 Å². The van der Waals surface area contributed by atoms with Crippen LogP contribution in [0.4, 0.5) is 13.2 Å². The molecule has 5 nitrogen and oxygen atoms in total. The largest absolute Gasteiger partial charge is 0.435 e. The fourth-order valence-corrected chi connectivity index (χ4v) is 3.10. The number of sulfonamides is 1. The first-order valence-corrected chi connectivity index (χ1v) is 7.60. The molecule has 1 aliphatic rings. The molecular weight excluding hydrogens is 283 g/mol. The highest BCUT2D eigenvalue weighted by atomic mass is 32.2. The van der Waals surface area contributed by atoms with Crippen LogP contribution in [0.5, 0.6) is 0 Å². The number of H-pyrrole nitrogens is 1. The van der Waals surface area contributed by atoms with Gasteiger partial charge in [-0.05, 0) is 18.9 Å². The van der Waals surface area contributed by atoms with Gasteiger partial charge in [0.15, 0.2) is 5.69 Å². The van der Waals surface area contributed by atoms with E-state index in [0.29, 0.717) is 25.1 Å². The summed E-state index contributed by atoms with van der Waals surface area (Å²) < 4.78 is 61.5. The summed E-state index contributed by atoms with van der Waals surface area (Å²) in [5.74, 6) is -0.271. The lowest BCUT2D eigenvalue weighted by atomic mass is 9.96. The van der Waals surface area contributed by atoms with E-state index in [9.17, 15) is 21.6 Å². The predicted octanol–water partition coefficient (Wildman–Crippen LogP) is 1.57. The van der Waals surface area contributed by atoms with Crippen molar-refractivity contribution in [2.45, 2.75) is 24.9 Å². The molecule has 0 aromatic carbocycles. The summed E-state index contributed by atoms with van der Waals surface area (Å²) in [7, 11) is -3.31. The quantitative estimate of drug-likeness (QED) is 0.901. The molecule has 0 amide bonds. The molecule has 0 unspecified atom stereocenters. The standard InChI is InChI=1S/C10H14F3N3O2S/c1-19(17,18)16-4-2-3-7(6-16)8-5-9(15-14-8)10(11,12)13/h5,7H,2-4,6H2,1H3,(H,14,15)/t7-/m1/s1. The minimum Gasteiger partial charge on any atom is -0.282 e. The molecule has 19 heavy (non-hydrogen) atoms. The van der Waals surface area contributed by atoms with E-state index in [2.05, 4.69) is 10.2 Å². The van der Waals surface area contributed by atoms with Crippen molar-refractivity contribution in [1.29, 1.82) is 0 Å². The van der Waals surface area contributed by atoms with Crippen molar-refractivity contribution in [3.8, 4) is 0 Å². The van der Waals surface area contributed by atoms with Crippen LogP contribution in [-0.4, -0.2) is 42.3 Å². The average molecular weight is 297 g/mol. The topological polar surface area (TPSA) is 66.1 Å². The van der Waals surface area contributed by atoms with Crippen LogP contribution in [0.15, 0.2) is 6.07 Å². The predicted molar refractivity (Wildman–Crippen MR) is 62.0 cm³/mol. The lowest BCUT2D eigenvalue weighted by Gasteiger charge is -2.30. The van der Waals surface area contributed by atoms with Crippen LogP contribution in [-0.2, 0) is 16.2 Å². The number of hydrogen-bond acceptors (Lipinski definition) is 3. The molecule has 1 fully saturated rings. The van der Waals surface area contributed by atoms with Crippen LogP contribution < -0.4 is 0 Å². The summed E-state index contributed by atoms with van der Waals surface area (Å²) >= 11 is 0. The van der Waals surface area contributed by atoms with Gasteiger partial charge in [-0.2, -0.15) is 18.3 Å². The summed E-state index contributed by atoms with van der Waals surface area (Å²) in [4.78, 5) is 0. The van der Waals surface area contributed by atoms with Crippen LogP contribution in [0.3, 0.4) is 0 Å². The Morgan fingerprint density at radius 3 is 2.68 bits per heavy atom. The van der Waals surface area contributed by atoms with E-state index >= 15 is 0 Å². The molecule has 9 heteroatoms. The van der Waals surface area contributed by atoms with Crippen LogP contribution in [0.25, 0.3) is 0 Å². The second-order valence-corrected chi connectivity index (χ2v) is 6.65. The van der Waals surface area contributed by atoms with Crippen molar-refractivity contribution in [1.82, 2.24) is 14.5 Å². The van der Waals surface area contributed by atoms with Crippen molar-refractivity contribution in [3.05, 3.63) is 17.5 Å². The Kier molecular flexibility index (Phi) is 3.61. The third-order valence-electron chi connectivity index (χ3n) is 3.18. The first kappa shape index (κ1) is 14.3. The van der Waals surface area contributed by atoms with Gasteiger partial charge in [0.2, 0.25) is 10.0 Å². The highest BCUT2D eigenvalue weighted by molar-refractivity contribution is 7.88. The van der Waals surface area contributed by atoms with Crippen molar-refractivity contribution in [2.75, 3.05) is 19.3 Å². The minimum atomic E-state index is -4.49. The zero-order valence-electron chi connectivity index (χ0n) is 10.2. The molecule has 0 spiro atoms. The molecule has 0 saturated carbocycles. The molecule has 1 aromatic rings. The lowest BCUT2D eigenvalue weighted by molar-refractivity contribution is -0.141. The fourth-order valence-electron chi connectivity index (χ4n) is 2.19. The van der Waals surface area contributed by atoms with Crippen molar-refractivity contribution < 1.29 is 21.6 Å². The monoisotopic (exact) mass is 297 g/mol. The molecule has 1 N–H and O–H groups in total. The van der Waals surface area contributed by atoms with Gasteiger partial charge in [-0.25, -0.2) is 12.7 Å². The third kappa shape index (κ3) is 3.27. The summed E-state index contributed by atoms with van der Waals surface area (Å²) in [6, 6.07) is 0.955. The van der Waals surface area contributed by atoms with Gasteiger partial charge < -0.3 is 0 Å². The van der Waals surface area contributed by atoms with E-state index in [-0.39, 0.29) is 12.5 Å². The van der Waals surface area contributed by atoms with Gasteiger partial charge in [-0.3, -0.25) is 5.10 Å². The molecule has 0 aliphatic carbocycles. The number of rotatable bonds is 2. The highest BCUT2D eigenvalue weighted by Gasteiger charge is 2.35. The van der Waals surface area contributed by atoms with Crippen LogP contribution >= 0.6 is 0 Å².